The second-order valence-corrected chi connectivity index (χ2v) is 5.42. The summed E-state index contributed by atoms with van der Waals surface area (Å²) >= 11 is 11.9. The second-order valence-electron chi connectivity index (χ2n) is 4.60. The van der Waals surface area contributed by atoms with Gasteiger partial charge in [-0.15, -0.1) is 0 Å². The van der Waals surface area contributed by atoms with Gasteiger partial charge in [0.15, 0.2) is 6.10 Å². The predicted molar refractivity (Wildman–Crippen MR) is 88.3 cm³/mol. The van der Waals surface area contributed by atoms with Crippen molar-refractivity contribution in [3.63, 3.8) is 0 Å². The third-order valence-electron chi connectivity index (χ3n) is 2.93. The van der Waals surface area contributed by atoms with E-state index >= 15 is 0 Å². The molecular weight excluding hydrogens is 343 g/mol. The normalized spacial score (nSPS) is 11.6. The summed E-state index contributed by atoms with van der Waals surface area (Å²) in [7, 11) is 0. The Hall–Kier alpha value is -2.31. The standard InChI is InChI=1S/C15H12Cl2N2O4/c1-9(23-14-5-3-2-4-12(14)17)15(20)18-13-8-10(19(21)22)6-7-11(13)16/h2-9H,1H3,(H,18,20). The number of non-ortho nitro benzene ring substituents is 1. The number of rotatable bonds is 5. The van der Waals surface area contributed by atoms with Crippen LogP contribution in [0.25, 0.3) is 0 Å². The number of benzene rings is 2. The zero-order chi connectivity index (χ0) is 17.0. The summed E-state index contributed by atoms with van der Waals surface area (Å²) in [5, 5.41) is 13.8. The highest BCUT2D eigenvalue weighted by Gasteiger charge is 2.18. The van der Waals surface area contributed by atoms with Crippen molar-refractivity contribution < 1.29 is 14.5 Å². The van der Waals surface area contributed by atoms with Crippen molar-refractivity contribution in [1.29, 1.82) is 0 Å². The Morgan fingerprint density at radius 1 is 1.22 bits per heavy atom. The highest BCUT2D eigenvalue weighted by Crippen LogP contribution is 2.28. The number of halogens is 2. The fraction of sp³-hybridized carbons (Fsp3) is 0.133. The largest absolute Gasteiger partial charge is 0.479 e. The number of carbonyl (C=O) groups is 1. The van der Waals surface area contributed by atoms with Crippen LogP contribution in [-0.4, -0.2) is 16.9 Å². The van der Waals surface area contributed by atoms with Gasteiger partial charge in [-0.1, -0.05) is 35.3 Å². The van der Waals surface area contributed by atoms with E-state index < -0.39 is 16.9 Å². The van der Waals surface area contributed by atoms with Crippen LogP contribution in [0.4, 0.5) is 11.4 Å². The number of carbonyl (C=O) groups excluding carboxylic acids is 1. The van der Waals surface area contributed by atoms with E-state index in [1.165, 1.54) is 25.1 Å². The Morgan fingerprint density at radius 2 is 1.91 bits per heavy atom. The molecule has 0 aliphatic rings. The number of nitrogens with one attached hydrogen (secondary N) is 1. The first-order chi connectivity index (χ1) is 10.9. The maximum absolute atomic E-state index is 12.2. The molecule has 1 N–H and O–H groups in total. The quantitative estimate of drug-likeness (QED) is 0.640. The number of hydrogen-bond acceptors (Lipinski definition) is 4. The lowest BCUT2D eigenvalue weighted by Gasteiger charge is -2.16. The third kappa shape index (κ3) is 4.34. The lowest BCUT2D eigenvalue weighted by molar-refractivity contribution is -0.384. The molecule has 0 saturated heterocycles. The molecule has 23 heavy (non-hydrogen) atoms. The van der Waals surface area contributed by atoms with Crippen LogP contribution < -0.4 is 10.1 Å². The molecule has 0 saturated carbocycles. The molecule has 0 bridgehead atoms. The van der Waals surface area contributed by atoms with Gasteiger partial charge in [-0.25, -0.2) is 0 Å². The summed E-state index contributed by atoms with van der Waals surface area (Å²) < 4.78 is 5.48. The summed E-state index contributed by atoms with van der Waals surface area (Å²) in [6.45, 7) is 1.53. The number of hydrogen-bond donors (Lipinski definition) is 1. The van der Waals surface area contributed by atoms with Crippen LogP contribution in [-0.2, 0) is 4.79 Å². The second kappa shape index (κ2) is 7.30. The molecule has 2 aromatic carbocycles. The van der Waals surface area contributed by atoms with Crippen molar-refractivity contribution in [3.05, 3.63) is 62.6 Å². The first-order valence-electron chi connectivity index (χ1n) is 6.54. The Morgan fingerprint density at radius 3 is 2.57 bits per heavy atom. The van der Waals surface area contributed by atoms with E-state index in [-0.39, 0.29) is 16.4 Å². The van der Waals surface area contributed by atoms with Crippen LogP contribution in [0.1, 0.15) is 6.92 Å². The van der Waals surface area contributed by atoms with Crippen molar-refractivity contribution in [2.45, 2.75) is 13.0 Å². The molecule has 1 amide bonds. The lowest BCUT2D eigenvalue weighted by atomic mass is 10.2. The Labute approximate surface area is 142 Å². The van der Waals surface area contributed by atoms with Gasteiger partial charge in [-0.3, -0.25) is 14.9 Å². The topological polar surface area (TPSA) is 81.5 Å². The number of ether oxygens (including phenoxy) is 1. The fourth-order valence-corrected chi connectivity index (χ4v) is 2.09. The molecule has 2 rings (SSSR count). The summed E-state index contributed by atoms with van der Waals surface area (Å²) in [6, 6.07) is 10.5. The Kier molecular flexibility index (Phi) is 5.41. The van der Waals surface area contributed by atoms with E-state index in [1.807, 2.05) is 0 Å². The van der Waals surface area contributed by atoms with Crippen LogP contribution in [0.15, 0.2) is 42.5 Å². The molecule has 6 nitrogen and oxygen atoms in total. The molecule has 0 aliphatic heterocycles. The highest BCUT2D eigenvalue weighted by atomic mass is 35.5. The molecule has 120 valence electrons. The summed E-state index contributed by atoms with van der Waals surface area (Å²) in [4.78, 5) is 22.4. The van der Waals surface area contributed by atoms with E-state index in [1.54, 1.807) is 24.3 Å². The molecule has 0 spiro atoms. The van der Waals surface area contributed by atoms with E-state index in [9.17, 15) is 14.9 Å². The molecule has 0 fully saturated rings. The lowest BCUT2D eigenvalue weighted by Crippen LogP contribution is -2.30. The maximum atomic E-state index is 12.2. The van der Waals surface area contributed by atoms with E-state index in [0.717, 1.165) is 0 Å². The molecular formula is C15H12Cl2N2O4. The zero-order valence-electron chi connectivity index (χ0n) is 12.0. The Balaban J connectivity index is 2.11. The third-order valence-corrected chi connectivity index (χ3v) is 3.57. The molecule has 0 aromatic heterocycles. The average Bonchev–Trinajstić information content (AvgIpc) is 2.51. The molecule has 0 radical (unpaired) electrons. The van der Waals surface area contributed by atoms with Gasteiger partial charge in [0.2, 0.25) is 0 Å². The molecule has 1 atom stereocenters. The van der Waals surface area contributed by atoms with Crippen LogP contribution in [0.5, 0.6) is 5.75 Å². The van der Waals surface area contributed by atoms with Crippen LogP contribution in [0.2, 0.25) is 10.0 Å². The SMILES string of the molecule is CC(Oc1ccccc1Cl)C(=O)Nc1cc([N+](=O)[O-])ccc1Cl. The van der Waals surface area contributed by atoms with Gasteiger partial charge in [-0.05, 0) is 25.1 Å². The number of amides is 1. The van der Waals surface area contributed by atoms with Gasteiger partial charge in [0.1, 0.15) is 5.75 Å². The minimum absolute atomic E-state index is 0.139. The van der Waals surface area contributed by atoms with Crippen molar-refractivity contribution in [2.24, 2.45) is 0 Å². The number of nitro groups is 1. The van der Waals surface area contributed by atoms with Gasteiger partial charge >= 0.3 is 0 Å². The van der Waals surface area contributed by atoms with E-state index in [4.69, 9.17) is 27.9 Å². The molecule has 1 unspecified atom stereocenters. The monoisotopic (exact) mass is 354 g/mol. The highest BCUT2D eigenvalue weighted by molar-refractivity contribution is 6.34. The van der Waals surface area contributed by atoms with Gasteiger partial charge in [-0.2, -0.15) is 0 Å². The molecule has 8 heteroatoms. The molecule has 2 aromatic rings. The van der Waals surface area contributed by atoms with Gasteiger partial charge in [0.25, 0.3) is 11.6 Å². The number of nitrogens with zero attached hydrogens (tertiary/aromatic N) is 1. The summed E-state index contributed by atoms with van der Waals surface area (Å²) in [5.41, 5.74) is -0.0372. The minimum Gasteiger partial charge on any atom is -0.479 e. The van der Waals surface area contributed by atoms with Crippen LogP contribution in [0, 0.1) is 10.1 Å². The van der Waals surface area contributed by atoms with Crippen molar-refractivity contribution in [2.75, 3.05) is 5.32 Å². The number of anilines is 1. The van der Waals surface area contributed by atoms with E-state index in [0.29, 0.717) is 10.8 Å². The summed E-state index contributed by atoms with van der Waals surface area (Å²) in [5.74, 6) is -0.144. The molecule has 0 heterocycles. The first kappa shape index (κ1) is 17.1. The first-order valence-corrected chi connectivity index (χ1v) is 7.30. The Bertz CT molecular complexity index is 752. The molecule has 0 aliphatic carbocycles. The van der Waals surface area contributed by atoms with Crippen LogP contribution >= 0.6 is 23.2 Å². The van der Waals surface area contributed by atoms with Crippen molar-refractivity contribution >= 4 is 40.5 Å². The zero-order valence-corrected chi connectivity index (χ0v) is 13.5. The van der Waals surface area contributed by atoms with Gasteiger partial charge < -0.3 is 10.1 Å². The average molecular weight is 355 g/mol. The minimum atomic E-state index is -0.870. The van der Waals surface area contributed by atoms with Crippen molar-refractivity contribution in [3.8, 4) is 5.75 Å². The summed E-state index contributed by atoms with van der Waals surface area (Å²) in [6.07, 6.45) is -0.870. The fourth-order valence-electron chi connectivity index (χ4n) is 1.74. The number of para-hydroxylation sites is 1. The van der Waals surface area contributed by atoms with Gasteiger partial charge in [0.05, 0.1) is 20.7 Å². The maximum Gasteiger partial charge on any atom is 0.271 e. The van der Waals surface area contributed by atoms with Crippen LogP contribution in [0.3, 0.4) is 0 Å². The van der Waals surface area contributed by atoms with E-state index in [2.05, 4.69) is 5.32 Å². The number of nitro benzene ring substituents is 1. The van der Waals surface area contributed by atoms with Gasteiger partial charge in [0, 0.05) is 12.1 Å². The van der Waals surface area contributed by atoms with Crippen molar-refractivity contribution in [1.82, 2.24) is 0 Å². The predicted octanol–water partition coefficient (Wildman–Crippen LogP) is 4.31. The smallest absolute Gasteiger partial charge is 0.271 e.